The van der Waals surface area contributed by atoms with Crippen molar-refractivity contribution in [2.45, 2.75) is 51.7 Å². The molecule has 1 unspecified atom stereocenters. The van der Waals surface area contributed by atoms with Crippen LogP contribution in [0.5, 0.6) is 5.75 Å². The number of benzene rings is 2. The van der Waals surface area contributed by atoms with Crippen LogP contribution in [-0.2, 0) is 22.6 Å². The molecule has 2 atom stereocenters. The van der Waals surface area contributed by atoms with E-state index in [0.29, 0.717) is 13.0 Å². The average molecular weight is 574 g/mol. The number of amides is 1. The summed E-state index contributed by atoms with van der Waals surface area (Å²) in [5, 5.41) is 12.6. The minimum atomic E-state index is -0.647. The topological polar surface area (TPSA) is 92.2 Å². The number of ether oxygens (including phenoxy) is 2. The fourth-order valence-electron chi connectivity index (χ4n) is 6.82. The molecular weight excluding hydrogens is 538 g/mol. The Labute approximate surface area is 243 Å². The number of aromatic nitrogens is 1. The van der Waals surface area contributed by atoms with Gasteiger partial charge in [0.1, 0.15) is 12.4 Å². The van der Waals surface area contributed by atoms with Gasteiger partial charge in [0.25, 0.3) is 5.91 Å². The highest BCUT2D eigenvalue weighted by molar-refractivity contribution is 7.14. The fraction of sp³-hybridized carbons (Fsp3) is 0.469. The minimum absolute atomic E-state index is 0.134. The molecule has 2 saturated heterocycles. The van der Waals surface area contributed by atoms with Crippen LogP contribution in [0.15, 0.2) is 41.8 Å². The quantitative estimate of drug-likeness (QED) is 0.417. The Morgan fingerprint density at radius 2 is 2.02 bits per heavy atom. The van der Waals surface area contributed by atoms with Gasteiger partial charge >= 0.3 is 5.97 Å². The summed E-state index contributed by atoms with van der Waals surface area (Å²) in [6.45, 7) is 6.16. The molecule has 1 aromatic heterocycles. The summed E-state index contributed by atoms with van der Waals surface area (Å²) in [4.78, 5) is 34.2. The van der Waals surface area contributed by atoms with Crippen LogP contribution in [0.3, 0.4) is 0 Å². The first-order valence-corrected chi connectivity index (χ1v) is 15.5. The lowest BCUT2D eigenvalue weighted by Gasteiger charge is -2.37. The van der Waals surface area contributed by atoms with Gasteiger partial charge < -0.3 is 24.4 Å². The van der Waals surface area contributed by atoms with E-state index in [1.807, 2.05) is 29.2 Å². The molecular formula is C32H35N3O5S. The standard InChI is InChI=1S/C32H35N3O5S/c1-20-2-5-28(26(14-20)27-19-41-31(33-27)34-11-9-32(30(37)38)16-23(32)17-34)40-18-21-3-4-25-22(15-21)6-10-35(29(25)36)24-7-12-39-13-8-24/h2-5,14-15,19,23-24H,6-13,16-18H2,1H3,(H,37,38)/t23?,32-/m1/s1. The van der Waals surface area contributed by atoms with Crippen molar-refractivity contribution >= 4 is 28.3 Å². The van der Waals surface area contributed by atoms with Gasteiger partial charge in [0.05, 0.1) is 11.1 Å². The van der Waals surface area contributed by atoms with Crippen molar-refractivity contribution in [3.63, 3.8) is 0 Å². The second-order valence-electron chi connectivity index (χ2n) is 11.9. The van der Waals surface area contributed by atoms with Crippen molar-refractivity contribution in [1.82, 2.24) is 9.88 Å². The van der Waals surface area contributed by atoms with Crippen molar-refractivity contribution in [2.75, 3.05) is 37.7 Å². The van der Waals surface area contributed by atoms with Gasteiger partial charge in [-0.25, -0.2) is 4.98 Å². The Morgan fingerprint density at radius 3 is 2.83 bits per heavy atom. The number of aliphatic carboxylic acids is 1. The van der Waals surface area contributed by atoms with Gasteiger partial charge in [-0.3, -0.25) is 9.59 Å². The van der Waals surface area contributed by atoms with E-state index in [4.69, 9.17) is 14.5 Å². The summed E-state index contributed by atoms with van der Waals surface area (Å²) in [6.07, 6.45) is 4.14. The van der Waals surface area contributed by atoms with Gasteiger partial charge in [0, 0.05) is 55.4 Å². The molecule has 41 heavy (non-hydrogen) atoms. The van der Waals surface area contributed by atoms with Crippen LogP contribution in [0, 0.1) is 18.3 Å². The van der Waals surface area contributed by atoms with Crippen molar-refractivity contribution in [2.24, 2.45) is 11.3 Å². The first-order chi connectivity index (χ1) is 19.9. The van der Waals surface area contributed by atoms with Crippen molar-refractivity contribution in [3.8, 4) is 17.0 Å². The third-order valence-corrected chi connectivity index (χ3v) is 10.3. The van der Waals surface area contributed by atoms with E-state index in [-0.39, 0.29) is 17.9 Å². The molecule has 3 fully saturated rings. The Bertz CT molecular complexity index is 1500. The number of carboxylic acids is 1. The van der Waals surface area contributed by atoms with E-state index in [9.17, 15) is 14.7 Å². The van der Waals surface area contributed by atoms with Crippen LogP contribution in [0.4, 0.5) is 5.13 Å². The molecule has 0 radical (unpaired) electrons. The number of hydrogen-bond donors (Lipinski definition) is 1. The van der Waals surface area contributed by atoms with Crippen molar-refractivity contribution in [3.05, 3.63) is 64.0 Å². The monoisotopic (exact) mass is 573 g/mol. The highest BCUT2D eigenvalue weighted by Crippen LogP contribution is 2.58. The second-order valence-corrected chi connectivity index (χ2v) is 12.8. The van der Waals surface area contributed by atoms with Crippen LogP contribution in [0.1, 0.15) is 52.7 Å². The Kier molecular flexibility index (Phi) is 6.74. The largest absolute Gasteiger partial charge is 0.488 e. The van der Waals surface area contributed by atoms with Crippen LogP contribution < -0.4 is 9.64 Å². The van der Waals surface area contributed by atoms with E-state index in [1.54, 1.807) is 11.3 Å². The third-order valence-electron chi connectivity index (χ3n) is 9.41. The molecule has 1 saturated carbocycles. The van der Waals surface area contributed by atoms with Gasteiger partial charge in [-0.1, -0.05) is 23.8 Å². The zero-order valence-corrected chi connectivity index (χ0v) is 24.1. The minimum Gasteiger partial charge on any atom is -0.488 e. The van der Waals surface area contributed by atoms with E-state index < -0.39 is 11.4 Å². The van der Waals surface area contributed by atoms with Gasteiger partial charge in [0.15, 0.2) is 5.13 Å². The summed E-state index contributed by atoms with van der Waals surface area (Å²) < 4.78 is 11.8. The number of fused-ring (bicyclic) bond motifs is 2. The van der Waals surface area contributed by atoms with Crippen molar-refractivity contribution in [1.29, 1.82) is 0 Å². The summed E-state index contributed by atoms with van der Waals surface area (Å²) in [7, 11) is 0. The maximum atomic E-state index is 13.2. The molecule has 0 spiro atoms. The number of piperidine rings is 1. The highest BCUT2D eigenvalue weighted by atomic mass is 32.1. The van der Waals surface area contributed by atoms with E-state index in [1.165, 1.54) is 0 Å². The average Bonchev–Trinajstić information content (AvgIpc) is 3.54. The molecule has 4 aliphatic rings. The van der Waals surface area contributed by atoms with Gasteiger partial charge in [0.2, 0.25) is 0 Å². The molecule has 7 rings (SSSR count). The number of nitrogens with zero attached hydrogens (tertiary/aromatic N) is 3. The maximum Gasteiger partial charge on any atom is 0.310 e. The van der Waals surface area contributed by atoms with E-state index in [2.05, 4.69) is 29.3 Å². The van der Waals surface area contributed by atoms with Crippen LogP contribution in [-0.4, -0.2) is 65.8 Å². The normalized spacial score (nSPS) is 24.1. The lowest BCUT2D eigenvalue weighted by atomic mass is 9.94. The number of thiazole rings is 1. The molecule has 1 N–H and O–H groups in total. The third kappa shape index (κ3) is 4.89. The molecule has 0 bridgehead atoms. The van der Waals surface area contributed by atoms with E-state index in [0.717, 1.165) is 103 Å². The van der Waals surface area contributed by atoms with Gasteiger partial charge in [-0.15, -0.1) is 11.3 Å². The first-order valence-electron chi connectivity index (χ1n) is 14.6. The molecule has 214 valence electrons. The molecule has 8 nitrogen and oxygen atoms in total. The second kappa shape index (κ2) is 10.4. The Balaban J connectivity index is 1.04. The molecule has 1 amide bonds. The fourth-order valence-corrected chi connectivity index (χ4v) is 7.68. The van der Waals surface area contributed by atoms with E-state index >= 15 is 0 Å². The number of rotatable bonds is 7. The summed E-state index contributed by atoms with van der Waals surface area (Å²) >= 11 is 1.60. The molecule has 3 aliphatic heterocycles. The Morgan fingerprint density at radius 1 is 1.17 bits per heavy atom. The van der Waals surface area contributed by atoms with Gasteiger partial charge in [-0.2, -0.15) is 0 Å². The molecule has 2 aromatic carbocycles. The lowest BCUT2D eigenvalue weighted by Crippen LogP contribution is -2.47. The van der Waals surface area contributed by atoms with Crippen LogP contribution >= 0.6 is 11.3 Å². The molecule has 4 heterocycles. The number of anilines is 1. The number of hydrogen-bond acceptors (Lipinski definition) is 7. The number of carbonyl (C=O) groups excluding carboxylic acids is 1. The molecule has 9 heteroatoms. The maximum absolute atomic E-state index is 13.2. The number of carboxylic acid groups (broad SMARTS) is 1. The predicted octanol–water partition coefficient (Wildman–Crippen LogP) is 5.18. The Hall–Kier alpha value is -3.43. The van der Waals surface area contributed by atoms with Crippen LogP contribution in [0.2, 0.25) is 0 Å². The molecule has 3 aromatic rings. The highest BCUT2D eigenvalue weighted by Gasteiger charge is 2.62. The zero-order valence-electron chi connectivity index (χ0n) is 23.3. The summed E-state index contributed by atoms with van der Waals surface area (Å²) in [5.41, 5.74) is 5.41. The summed E-state index contributed by atoms with van der Waals surface area (Å²) in [6, 6.07) is 12.5. The smallest absolute Gasteiger partial charge is 0.310 e. The summed E-state index contributed by atoms with van der Waals surface area (Å²) in [5.74, 6) is 0.481. The van der Waals surface area contributed by atoms with Crippen molar-refractivity contribution < 1.29 is 24.2 Å². The number of aryl methyl sites for hydroxylation is 1. The van der Waals surface area contributed by atoms with Gasteiger partial charge in [-0.05, 0) is 74.3 Å². The zero-order chi connectivity index (χ0) is 28.1. The lowest BCUT2D eigenvalue weighted by molar-refractivity contribution is -0.144. The van der Waals surface area contributed by atoms with Crippen LogP contribution in [0.25, 0.3) is 11.3 Å². The molecule has 1 aliphatic carbocycles. The first kappa shape index (κ1) is 26.5. The number of carbonyl (C=O) groups is 2. The SMILES string of the molecule is Cc1ccc(OCc2ccc3c(c2)CCN(C2CCOCC2)C3=O)c(-c2csc(N3CC[C@@]4(C(=O)O)CC4C3)n2)c1. The predicted molar refractivity (Wildman–Crippen MR) is 157 cm³/mol.